The second-order valence-electron chi connectivity index (χ2n) is 7.66. The lowest BCUT2D eigenvalue weighted by Gasteiger charge is -2.51. The zero-order valence-electron chi connectivity index (χ0n) is 11.7. The third-order valence-electron chi connectivity index (χ3n) is 7.14. The molecule has 4 aliphatic rings. The van der Waals surface area contributed by atoms with Crippen LogP contribution in [0.5, 0.6) is 0 Å². The Kier molecular flexibility index (Phi) is 2.82. The highest BCUT2D eigenvalue weighted by Gasteiger charge is 2.49. The van der Waals surface area contributed by atoms with E-state index in [1.165, 1.54) is 32.1 Å². The molecule has 100 valence electrons. The molecule has 0 bridgehead atoms. The minimum Gasteiger partial charge on any atom is -0.0996 e. The highest BCUT2D eigenvalue weighted by Crippen LogP contribution is 2.58. The van der Waals surface area contributed by atoms with Gasteiger partial charge in [-0.25, -0.2) is 0 Å². The van der Waals surface area contributed by atoms with Gasteiger partial charge in [0.15, 0.2) is 0 Å². The molecular weight excluding hydrogens is 216 g/mol. The van der Waals surface area contributed by atoms with Crippen LogP contribution in [0.1, 0.15) is 64.2 Å². The second-order valence-corrected chi connectivity index (χ2v) is 7.66. The van der Waals surface area contributed by atoms with E-state index >= 15 is 0 Å². The summed E-state index contributed by atoms with van der Waals surface area (Å²) in [4.78, 5) is 0. The number of fused-ring (bicyclic) bond motifs is 5. The number of allylic oxidation sites excluding steroid dienone is 1. The normalized spacial score (nSPS) is 51.4. The molecule has 4 aliphatic carbocycles. The highest BCUT2D eigenvalue weighted by atomic mass is 14.5. The molecule has 0 spiro atoms. The largest absolute Gasteiger partial charge is 0.0996 e. The molecule has 4 fully saturated rings. The lowest BCUT2D eigenvalue weighted by molar-refractivity contribution is -0.0142. The van der Waals surface area contributed by atoms with Crippen LogP contribution in [0.25, 0.3) is 0 Å². The van der Waals surface area contributed by atoms with Crippen LogP contribution in [0.3, 0.4) is 0 Å². The van der Waals surface area contributed by atoms with Gasteiger partial charge in [0.1, 0.15) is 0 Å². The van der Waals surface area contributed by atoms with E-state index in [1.54, 1.807) is 37.7 Å². The number of hydrogen-bond acceptors (Lipinski definition) is 0. The molecule has 0 N–H and O–H groups in total. The van der Waals surface area contributed by atoms with Crippen molar-refractivity contribution in [1.29, 1.82) is 0 Å². The molecule has 18 heavy (non-hydrogen) atoms. The quantitative estimate of drug-likeness (QED) is 0.514. The maximum atomic E-state index is 4.36. The van der Waals surface area contributed by atoms with Gasteiger partial charge in [0, 0.05) is 0 Å². The fraction of sp³-hybridized carbons (Fsp3) is 0.889. The summed E-state index contributed by atoms with van der Waals surface area (Å²) in [5, 5.41) is 0. The molecule has 6 atom stereocenters. The molecule has 0 saturated heterocycles. The predicted octanol–water partition coefficient (Wildman–Crippen LogP) is 5.20. The summed E-state index contributed by atoms with van der Waals surface area (Å²) >= 11 is 0. The number of rotatable bonds is 0. The van der Waals surface area contributed by atoms with Crippen molar-refractivity contribution in [2.75, 3.05) is 0 Å². The summed E-state index contributed by atoms with van der Waals surface area (Å²) in [7, 11) is 0. The van der Waals surface area contributed by atoms with Gasteiger partial charge in [0.05, 0.1) is 0 Å². The van der Waals surface area contributed by atoms with Gasteiger partial charge >= 0.3 is 0 Å². The summed E-state index contributed by atoms with van der Waals surface area (Å²) < 4.78 is 0. The summed E-state index contributed by atoms with van der Waals surface area (Å²) in [6.07, 6.45) is 15.2. The fourth-order valence-corrected chi connectivity index (χ4v) is 6.40. The van der Waals surface area contributed by atoms with E-state index < -0.39 is 0 Å². The van der Waals surface area contributed by atoms with Crippen molar-refractivity contribution in [3.8, 4) is 0 Å². The smallest absolute Gasteiger partial charge is 0.0175 e. The van der Waals surface area contributed by atoms with Crippen molar-refractivity contribution in [3.05, 3.63) is 12.2 Å². The highest BCUT2D eigenvalue weighted by molar-refractivity contribution is 5.13. The van der Waals surface area contributed by atoms with E-state index in [1.807, 2.05) is 0 Å². The van der Waals surface area contributed by atoms with Gasteiger partial charge in [-0.05, 0) is 80.5 Å². The molecule has 0 aromatic rings. The topological polar surface area (TPSA) is 0 Å². The van der Waals surface area contributed by atoms with Crippen molar-refractivity contribution < 1.29 is 0 Å². The zero-order chi connectivity index (χ0) is 12.1. The zero-order valence-corrected chi connectivity index (χ0v) is 11.7. The average Bonchev–Trinajstić information content (AvgIpc) is 2.80. The first-order valence-electron chi connectivity index (χ1n) is 8.52. The van der Waals surface area contributed by atoms with E-state index in [9.17, 15) is 0 Å². The third kappa shape index (κ3) is 1.63. The Morgan fingerprint density at radius 1 is 0.667 bits per heavy atom. The summed E-state index contributed by atoms with van der Waals surface area (Å²) in [5.74, 6) is 6.47. The molecule has 0 aliphatic heterocycles. The van der Waals surface area contributed by atoms with Gasteiger partial charge in [-0.2, -0.15) is 0 Å². The summed E-state index contributed by atoms with van der Waals surface area (Å²) in [6.45, 7) is 4.36. The third-order valence-corrected chi connectivity index (χ3v) is 7.14. The van der Waals surface area contributed by atoms with Crippen LogP contribution in [0.2, 0.25) is 0 Å². The average molecular weight is 244 g/mol. The van der Waals surface area contributed by atoms with Crippen molar-refractivity contribution in [3.63, 3.8) is 0 Å². The Morgan fingerprint density at radius 3 is 2.39 bits per heavy atom. The molecular formula is C18H28. The molecule has 0 aromatic heterocycles. The van der Waals surface area contributed by atoms with Crippen LogP contribution in [-0.2, 0) is 0 Å². The summed E-state index contributed by atoms with van der Waals surface area (Å²) in [5.41, 5.74) is 1.62. The van der Waals surface area contributed by atoms with E-state index in [4.69, 9.17) is 0 Å². The molecule has 0 heterocycles. The van der Waals surface area contributed by atoms with Crippen LogP contribution in [-0.4, -0.2) is 0 Å². The minimum atomic E-state index is 0.936. The second kappa shape index (κ2) is 4.39. The van der Waals surface area contributed by atoms with Gasteiger partial charge in [-0.15, -0.1) is 0 Å². The van der Waals surface area contributed by atoms with Crippen LogP contribution in [0.15, 0.2) is 12.2 Å². The summed E-state index contributed by atoms with van der Waals surface area (Å²) in [6, 6.07) is 0. The molecule has 4 rings (SSSR count). The number of hydrogen-bond donors (Lipinski definition) is 0. The minimum absolute atomic E-state index is 0.936. The standard InChI is InChI=1S/C18H28/c1-12-6-8-16-14(12)10-11-17-15-5-3-2-4-13(15)7-9-18(16)17/h13-18H,1-11H2. The Morgan fingerprint density at radius 2 is 1.44 bits per heavy atom. The molecule has 4 saturated carbocycles. The van der Waals surface area contributed by atoms with Gasteiger partial charge in [0.2, 0.25) is 0 Å². The molecule has 0 amide bonds. The monoisotopic (exact) mass is 244 g/mol. The lowest BCUT2D eigenvalue weighted by atomic mass is 9.54. The van der Waals surface area contributed by atoms with E-state index in [0.717, 1.165) is 35.5 Å². The Bertz CT molecular complexity index is 342. The fourth-order valence-electron chi connectivity index (χ4n) is 6.40. The lowest BCUT2D eigenvalue weighted by Crippen LogP contribution is -2.43. The van der Waals surface area contributed by atoms with Crippen LogP contribution in [0, 0.1) is 35.5 Å². The van der Waals surface area contributed by atoms with Crippen LogP contribution in [0.4, 0.5) is 0 Å². The van der Waals surface area contributed by atoms with E-state index in [-0.39, 0.29) is 0 Å². The molecule has 0 aromatic carbocycles. The maximum absolute atomic E-state index is 4.36. The first-order chi connectivity index (χ1) is 8.84. The molecule has 0 heteroatoms. The molecule has 6 unspecified atom stereocenters. The molecule has 0 radical (unpaired) electrons. The van der Waals surface area contributed by atoms with Crippen LogP contribution >= 0.6 is 0 Å². The van der Waals surface area contributed by atoms with Crippen molar-refractivity contribution >= 4 is 0 Å². The van der Waals surface area contributed by atoms with Crippen molar-refractivity contribution in [1.82, 2.24) is 0 Å². The Balaban J connectivity index is 1.57. The predicted molar refractivity (Wildman–Crippen MR) is 76.3 cm³/mol. The van der Waals surface area contributed by atoms with Gasteiger partial charge in [0.25, 0.3) is 0 Å². The Hall–Kier alpha value is -0.260. The first-order valence-corrected chi connectivity index (χ1v) is 8.52. The maximum Gasteiger partial charge on any atom is -0.0175 e. The van der Waals surface area contributed by atoms with Crippen LogP contribution < -0.4 is 0 Å². The van der Waals surface area contributed by atoms with Crippen molar-refractivity contribution in [2.45, 2.75) is 64.2 Å². The van der Waals surface area contributed by atoms with E-state index in [0.29, 0.717) is 0 Å². The first kappa shape index (κ1) is 11.6. The van der Waals surface area contributed by atoms with Gasteiger partial charge in [-0.3, -0.25) is 0 Å². The molecule has 0 nitrogen and oxygen atoms in total. The van der Waals surface area contributed by atoms with Gasteiger partial charge < -0.3 is 0 Å². The SMILES string of the molecule is C=C1CCC2C1CCC1C3CCCCC3CCC21. The van der Waals surface area contributed by atoms with Crippen molar-refractivity contribution in [2.24, 2.45) is 35.5 Å². The van der Waals surface area contributed by atoms with E-state index in [2.05, 4.69) is 6.58 Å². The Labute approximate surface area is 112 Å². The van der Waals surface area contributed by atoms with Gasteiger partial charge in [-0.1, -0.05) is 31.4 Å².